The van der Waals surface area contributed by atoms with E-state index in [1.807, 2.05) is 4.90 Å². The third-order valence-corrected chi connectivity index (χ3v) is 4.07. The van der Waals surface area contributed by atoms with Crippen LogP contribution in [0.3, 0.4) is 0 Å². The molecule has 0 saturated carbocycles. The molecule has 0 bridgehead atoms. The molecule has 0 aromatic carbocycles. The lowest BCUT2D eigenvalue weighted by Gasteiger charge is -2.34. The van der Waals surface area contributed by atoms with Gasteiger partial charge in [0, 0.05) is 26.2 Å². The Balaban J connectivity index is 1.82. The Bertz CT molecular complexity index is 646. The van der Waals surface area contributed by atoms with Crippen LogP contribution >= 0.6 is 23.2 Å². The molecule has 1 saturated heterocycles. The summed E-state index contributed by atoms with van der Waals surface area (Å²) in [5, 5.41) is 2.84. The molecule has 7 nitrogen and oxygen atoms in total. The monoisotopic (exact) mass is 372 g/mol. The van der Waals surface area contributed by atoms with Crippen LogP contribution < -0.4 is 5.32 Å². The first-order valence-electron chi connectivity index (χ1n) is 7.46. The number of hydrogen-bond acceptors (Lipinski definition) is 5. The van der Waals surface area contributed by atoms with Gasteiger partial charge in [0.2, 0.25) is 11.8 Å². The number of anilines is 1. The Labute approximate surface area is 149 Å². The molecule has 1 N–H and O–H groups in total. The van der Waals surface area contributed by atoms with E-state index >= 15 is 0 Å². The molecule has 1 aromatic heterocycles. The summed E-state index contributed by atoms with van der Waals surface area (Å²) >= 11 is 11.6. The highest BCUT2D eigenvalue weighted by Gasteiger charge is 2.23. The molecule has 0 atom stereocenters. The number of halogens is 2. The predicted molar refractivity (Wildman–Crippen MR) is 91.2 cm³/mol. The number of piperazine rings is 1. The molecule has 0 aliphatic carbocycles. The van der Waals surface area contributed by atoms with Gasteiger partial charge in [-0.1, -0.05) is 23.2 Å². The number of carbonyl (C=O) groups excluding carboxylic acids is 3. The highest BCUT2D eigenvalue weighted by atomic mass is 35.5. The van der Waals surface area contributed by atoms with Gasteiger partial charge in [0.15, 0.2) is 5.15 Å². The van der Waals surface area contributed by atoms with E-state index in [4.69, 9.17) is 23.2 Å². The zero-order valence-electron chi connectivity index (χ0n) is 13.2. The quantitative estimate of drug-likeness (QED) is 0.624. The first kappa shape index (κ1) is 18.6. The van der Waals surface area contributed by atoms with Gasteiger partial charge in [-0.25, -0.2) is 4.98 Å². The number of hydrogen-bond donors (Lipinski definition) is 1. The van der Waals surface area contributed by atoms with Crippen LogP contribution in [0.5, 0.6) is 0 Å². The fourth-order valence-corrected chi connectivity index (χ4v) is 2.81. The van der Waals surface area contributed by atoms with Crippen molar-refractivity contribution >= 4 is 46.5 Å². The number of pyridine rings is 1. The number of amides is 2. The van der Waals surface area contributed by atoms with E-state index in [-0.39, 0.29) is 28.4 Å². The summed E-state index contributed by atoms with van der Waals surface area (Å²) in [5.41, 5.74) is 0.310. The van der Waals surface area contributed by atoms with Crippen molar-refractivity contribution in [1.82, 2.24) is 14.8 Å². The average Bonchev–Trinajstić information content (AvgIpc) is 2.50. The highest BCUT2D eigenvalue weighted by Crippen LogP contribution is 2.21. The molecule has 24 heavy (non-hydrogen) atoms. The van der Waals surface area contributed by atoms with Crippen molar-refractivity contribution < 1.29 is 14.4 Å². The van der Waals surface area contributed by atoms with E-state index in [1.165, 1.54) is 12.1 Å². The molecule has 0 spiro atoms. The minimum absolute atomic E-state index is 0.0705. The van der Waals surface area contributed by atoms with Crippen LogP contribution in [0.15, 0.2) is 12.1 Å². The molecule has 1 aliphatic rings. The summed E-state index contributed by atoms with van der Waals surface area (Å²) in [6, 6.07) is 3.03. The van der Waals surface area contributed by atoms with Crippen LogP contribution in [0.2, 0.25) is 10.3 Å². The Kier molecular flexibility index (Phi) is 6.53. The average molecular weight is 373 g/mol. The van der Waals surface area contributed by atoms with E-state index < -0.39 is 5.91 Å². The number of carbonyl (C=O) groups is 3. The Morgan fingerprint density at radius 2 is 1.83 bits per heavy atom. The molecule has 1 aliphatic heterocycles. The van der Waals surface area contributed by atoms with E-state index in [0.29, 0.717) is 38.4 Å². The van der Waals surface area contributed by atoms with Gasteiger partial charge in [0.05, 0.1) is 12.2 Å². The van der Waals surface area contributed by atoms with Gasteiger partial charge < -0.3 is 10.2 Å². The first-order chi connectivity index (χ1) is 11.3. The summed E-state index contributed by atoms with van der Waals surface area (Å²) < 4.78 is 0. The lowest BCUT2D eigenvalue weighted by atomic mass is 10.2. The van der Waals surface area contributed by atoms with Gasteiger partial charge in [0.25, 0.3) is 0 Å². The number of rotatable bonds is 5. The fourth-order valence-electron chi connectivity index (χ4n) is 2.42. The minimum Gasteiger partial charge on any atom is -0.340 e. The minimum atomic E-state index is -0.461. The summed E-state index contributed by atoms with van der Waals surface area (Å²) in [6.07, 6.45) is -0.272. The molecule has 1 aromatic rings. The SMILES string of the molecule is CC(=O)CN1CCN(C(=O)CC(=O)Nc2ccc(Cl)nc2Cl)CC1. The van der Waals surface area contributed by atoms with Crippen molar-refractivity contribution in [1.29, 1.82) is 0 Å². The standard InChI is InChI=1S/C15H18Cl2N4O3/c1-10(22)9-20-4-6-21(7-5-20)14(24)8-13(23)18-11-2-3-12(16)19-15(11)17/h2-3H,4-9H2,1H3,(H,18,23). The van der Waals surface area contributed by atoms with Crippen molar-refractivity contribution in [3.05, 3.63) is 22.4 Å². The molecule has 0 radical (unpaired) electrons. The van der Waals surface area contributed by atoms with Crippen molar-refractivity contribution in [2.24, 2.45) is 0 Å². The maximum absolute atomic E-state index is 12.2. The molecular formula is C15H18Cl2N4O3. The van der Waals surface area contributed by atoms with Crippen LogP contribution in [0, 0.1) is 0 Å². The maximum Gasteiger partial charge on any atom is 0.233 e. The van der Waals surface area contributed by atoms with Crippen LogP contribution in [0.1, 0.15) is 13.3 Å². The van der Waals surface area contributed by atoms with Gasteiger partial charge >= 0.3 is 0 Å². The third kappa shape index (κ3) is 5.43. The Hall–Kier alpha value is -1.70. The lowest BCUT2D eigenvalue weighted by molar-refractivity contribution is -0.136. The largest absolute Gasteiger partial charge is 0.340 e. The molecule has 1 fully saturated rings. The zero-order chi connectivity index (χ0) is 17.7. The summed E-state index contributed by atoms with van der Waals surface area (Å²) in [5.74, 6) is -0.618. The third-order valence-electron chi connectivity index (χ3n) is 3.57. The molecule has 9 heteroatoms. The van der Waals surface area contributed by atoms with Gasteiger partial charge in [0.1, 0.15) is 17.4 Å². The van der Waals surface area contributed by atoms with Gasteiger partial charge in [-0.15, -0.1) is 0 Å². The molecular weight excluding hydrogens is 355 g/mol. The van der Waals surface area contributed by atoms with Crippen LogP contribution in [-0.4, -0.2) is 65.1 Å². The summed E-state index contributed by atoms with van der Waals surface area (Å²) in [4.78, 5) is 42.7. The Morgan fingerprint density at radius 1 is 1.17 bits per heavy atom. The highest BCUT2D eigenvalue weighted by molar-refractivity contribution is 6.34. The molecule has 2 rings (SSSR count). The van der Waals surface area contributed by atoms with Crippen molar-refractivity contribution in [3.63, 3.8) is 0 Å². The van der Waals surface area contributed by atoms with Crippen molar-refractivity contribution in [3.8, 4) is 0 Å². The normalized spacial score (nSPS) is 15.2. The van der Waals surface area contributed by atoms with E-state index in [2.05, 4.69) is 10.3 Å². The number of nitrogens with zero attached hydrogens (tertiary/aromatic N) is 3. The van der Waals surface area contributed by atoms with Crippen molar-refractivity contribution in [2.75, 3.05) is 38.0 Å². The number of nitrogens with one attached hydrogen (secondary N) is 1. The smallest absolute Gasteiger partial charge is 0.233 e. The second-order valence-electron chi connectivity index (χ2n) is 5.56. The molecule has 2 amide bonds. The Morgan fingerprint density at radius 3 is 2.42 bits per heavy atom. The zero-order valence-corrected chi connectivity index (χ0v) is 14.7. The number of Topliss-reactive ketones (excluding diaryl/α,β-unsaturated/α-hetero) is 1. The predicted octanol–water partition coefficient (Wildman–Crippen LogP) is 1.45. The van der Waals surface area contributed by atoms with Gasteiger partial charge in [-0.3, -0.25) is 19.3 Å². The molecule has 130 valence electrons. The van der Waals surface area contributed by atoms with E-state index in [1.54, 1.807) is 11.8 Å². The van der Waals surface area contributed by atoms with Crippen LogP contribution in [0.25, 0.3) is 0 Å². The first-order valence-corrected chi connectivity index (χ1v) is 8.22. The summed E-state index contributed by atoms with van der Waals surface area (Å²) in [6.45, 7) is 4.19. The van der Waals surface area contributed by atoms with Crippen LogP contribution in [0.4, 0.5) is 5.69 Å². The van der Waals surface area contributed by atoms with Gasteiger partial charge in [-0.05, 0) is 19.1 Å². The maximum atomic E-state index is 12.2. The van der Waals surface area contributed by atoms with E-state index in [0.717, 1.165) is 0 Å². The number of ketones is 1. The second-order valence-corrected chi connectivity index (χ2v) is 6.30. The van der Waals surface area contributed by atoms with E-state index in [9.17, 15) is 14.4 Å². The fraction of sp³-hybridized carbons (Fsp3) is 0.467. The second kappa shape index (κ2) is 8.41. The summed E-state index contributed by atoms with van der Waals surface area (Å²) in [7, 11) is 0. The molecule has 2 heterocycles. The molecule has 0 unspecified atom stereocenters. The van der Waals surface area contributed by atoms with Crippen LogP contribution in [-0.2, 0) is 14.4 Å². The topological polar surface area (TPSA) is 82.6 Å². The lowest BCUT2D eigenvalue weighted by Crippen LogP contribution is -2.50. The van der Waals surface area contributed by atoms with Gasteiger partial charge in [-0.2, -0.15) is 0 Å². The van der Waals surface area contributed by atoms with Crippen molar-refractivity contribution in [2.45, 2.75) is 13.3 Å². The number of aromatic nitrogens is 1.